The van der Waals surface area contributed by atoms with E-state index in [1.165, 1.54) is 0 Å². The zero-order valence-electron chi connectivity index (χ0n) is 8.72. The quantitative estimate of drug-likeness (QED) is 0.704. The van der Waals surface area contributed by atoms with Crippen LogP contribution in [-0.2, 0) is 9.84 Å². The number of sulfone groups is 1. The first-order valence-electron chi connectivity index (χ1n) is 5.65. The topological polar surface area (TPSA) is 57.6 Å². The Balaban J connectivity index is 1.59. The number of rotatable bonds is 2. The maximum absolute atomic E-state index is 11.3. The molecule has 2 aliphatic heterocycles. The molecule has 2 saturated heterocycles. The van der Waals surface area contributed by atoms with Gasteiger partial charge in [0, 0.05) is 19.1 Å². The highest BCUT2D eigenvalue weighted by Gasteiger charge is 2.54. The molecule has 5 heteroatoms. The van der Waals surface area contributed by atoms with Crippen LogP contribution in [0, 0.1) is 5.92 Å². The minimum atomic E-state index is -2.78. The highest BCUT2D eigenvalue weighted by atomic mass is 32.2. The summed E-state index contributed by atoms with van der Waals surface area (Å²) in [5.41, 5.74) is -0.480. The molecule has 1 unspecified atom stereocenters. The Labute approximate surface area is 90.2 Å². The average molecular weight is 231 g/mol. The Morgan fingerprint density at radius 3 is 2.33 bits per heavy atom. The van der Waals surface area contributed by atoms with Crippen molar-refractivity contribution in [3.8, 4) is 0 Å². The molecule has 0 aromatic heterocycles. The van der Waals surface area contributed by atoms with Crippen molar-refractivity contribution < 1.29 is 13.5 Å². The molecule has 1 saturated carbocycles. The Hall–Kier alpha value is -0.130. The van der Waals surface area contributed by atoms with Gasteiger partial charge in [0.2, 0.25) is 0 Å². The predicted octanol–water partition coefficient (Wildman–Crippen LogP) is -0.370. The molecular weight excluding hydrogens is 214 g/mol. The van der Waals surface area contributed by atoms with E-state index in [0.717, 1.165) is 19.3 Å². The third kappa shape index (κ3) is 1.70. The first-order chi connectivity index (χ1) is 6.99. The van der Waals surface area contributed by atoms with Crippen LogP contribution in [-0.4, -0.2) is 54.7 Å². The van der Waals surface area contributed by atoms with Gasteiger partial charge in [-0.05, 0) is 25.2 Å². The van der Waals surface area contributed by atoms with Gasteiger partial charge in [0.15, 0.2) is 9.84 Å². The molecule has 0 spiro atoms. The van der Waals surface area contributed by atoms with Crippen LogP contribution in [0.1, 0.15) is 19.3 Å². The third-order valence-corrected chi connectivity index (χ3v) is 5.77. The summed E-state index contributed by atoms with van der Waals surface area (Å²) < 4.78 is 22.6. The van der Waals surface area contributed by atoms with Gasteiger partial charge in [-0.25, -0.2) is 8.42 Å². The van der Waals surface area contributed by atoms with E-state index in [-0.39, 0.29) is 6.04 Å². The molecule has 1 aliphatic carbocycles. The molecule has 0 bridgehead atoms. The molecule has 3 rings (SSSR count). The van der Waals surface area contributed by atoms with Gasteiger partial charge in [-0.1, -0.05) is 0 Å². The van der Waals surface area contributed by atoms with Crippen LogP contribution < -0.4 is 0 Å². The highest BCUT2D eigenvalue weighted by molar-refractivity contribution is 7.91. The number of hydrogen-bond acceptors (Lipinski definition) is 4. The van der Waals surface area contributed by atoms with Crippen LogP contribution in [0.3, 0.4) is 0 Å². The van der Waals surface area contributed by atoms with Gasteiger partial charge in [0.1, 0.15) is 0 Å². The molecule has 0 amide bonds. The van der Waals surface area contributed by atoms with Crippen molar-refractivity contribution >= 4 is 9.84 Å². The zero-order chi connectivity index (χ0) is 10.7. The van der Waals surface area contributed by atoms with Gasteiger partial charge < -0.3 is 5.11 Å². The molecule has 15 heavy (non-hydrogen) atoms. The number of aliphatic hydroxyl groups is 1. The Morgan fingerprint density at radius 2 is 1.87 bits per heavy atom. The second kappa shape index (κ2) is 2.96. The van der Waals surface area contributed by atoms with Crippen molar-refractivity contribution in [2.75, 3.05) is 24.6 Å². The van der Waals surface area contributed by atoms with Crippen molar-refractivity contribution in [1.29, 1.82) is 0 Å². The van der Waals surface area contributed by atoms with E-state index in [2.05, 4.69) is 4.90 Å². The van der Waals surface area contributed by atoms with E-state index in [9.17, 15) is 13.5 Å². The molecule has 86 valence electrons. The van der Waals surface area contributed by atoms with Crippen LogP contribution in [0.5, 0.6) is 0 Å². The molecule has 3 fully saturated rings. The van der Waals surface area contributed by atoms with E-state index < -0.39 is 15.4 Å². The number of nitrogens with zero attached hydrogens (tertiary/aromatic N) is 1. The molecular formula is C10H17NO3S. The maximum atomic E-state index is 11.3. The third-order valence-electron chi connectivity index (χ3n) is 4.02. The maximum Gasteiger partial charge on any atom is 0.151 e. The zero-order valence-corrected chi connectivity index (χ0v) is 9.54. The second-order valence-electron chi connectivity index (χ2n) is 5.34. The van der Waals surface area contributed by atoms with Gasteiger partial charge in [-0.2, -0.15) is 0 Å². The Morgan fingerprint density at radius 1 is 1.20 bits per heavy atom. The molecule has 0 aromatic rings. The molecule has 1 N–H and O–H groups in total. The Kier molecular flexibility index (Phi) is 1.98. The number of likely N-dealkylation sites (tertiary alicyclic amines) is 1. The summed E-state index contributed by atoms with van der Waals surface area (Å²) in [6.07, 6.45) is 3.05. The normalized spacial score (nSPS) is 38.9. The molecule has 0 aromatic carbocycles. The van der Waals surface area contributed by atoms with Gasteiger partial charge >= 0.3 is 0 Å². The summed E-state index contributed by atoms with van der Waals surface area (Å²) in [7, 11) is -2.78. The van der Waals surface area contributed by atoms with Gasteiger partial charge in [-0.3, -0.25) is 4.90 Å². The van der Waals surface area contributed by atoms with Crippen molar-refractivity contribution in [3.63, 3.8) is 0 Å². The van der Waals surface area contributed by atoms with Crippen LogP contribution in [0.4, 0.5) is 0 Å². The van der Waals surface area contributed by atoms with Crippen molar-refractivity contribution in [3.05, 3.63) is 0 Å². The SMILES string of the molecule is O=S1(=O)CCC(N2CC(O)(C3CC3)C2)C1. The van der Waals surface area contributed by atoms with E-state index >= 15 is 0 Å². The second-order valence-corrected chi connectivity index (χ2v) is 7.57. The fraction of sp³-hybridized carbons (Fsp3) is 1.00. The molecule has 0 radical (unpaired) electrons. The highest BCUT2D eigenvalue weighted by Crippen LogP contribution is 2.45. The fourth-order valence-corrected chi connectivity index (χ4v) is 4.62. The standard InChI is InChI=1S/C10H17NO3S/c12-10(8-1-2-8)6-11(7-10)9-3-4-15(13,14)5-9/h8-9,12H,1-7H2. The minimum absolute atomic E-state index is 0.175. The summed E-state index contributed by atoms with van der Waals surface area (Å²) in [4.78, 5) is 2.14. The lowest BCUT2D eigenvalue weighted by Crippen LogP contribution is -2.66. The largest absolute Gasteiger partial charge is 0.387 e. The van der Waals surface area contributed by atoms with Crippen molar-refractivity contribution in [1.82, 2.24) is 4.90 Å². The molecule has 1 atom stereocenters. The van der Waals surface area contributed by atoms with E-state index in [4.69, 9.17) is 0 Å². The summed E-state index contributed by atoms with van der Waals surface area (Å²) in [6.45, 7) is 1.38. The molecule has 2 heterocycles. The van der Waals surface area contributed by atoms with Crippen LogP contribution in [0.15, 0.2) is 0 Å². The first-order valence-corrected chi connectivity index (χ1v) is 7.48. The molecule has 4 nitrogen and oxygen atoms in total. The summed E-state index contributed by atoms with van der Waals surface area (Å²) in [5.74, 6) is 1.12. The fourth-order valence-electron chi connectivity index (χ4n) is 2.86. The average Bonchev–Trinajstić information content (AvgIpc) is 2.86. The lowest BCUT2D eigenvalue weighted by Gasteiger charge is -2.49. The summed E-state index contributed by atoms with van der Waals surface area (Å²) in [5, 5.41) is 10.1. The lowest BCUT2D eigenvalue weighted by molar-refractivity contribution is -0.125. The van der Waals surface area contributed by atoms with Gasteiger partial charge in [0.05, 0.1) is 17.1 Å². The van der Waals surface area contributed by atoms with Crippen LogP contribution in [0.2, 0.25) is 0 Å². The first kappa shape index (κ1) is 10.1. The van der Waals surface area contributed by atoms with Crippen LogP contribution >= 0.6 is 0 Å². The summed E-state index contributed by atoms with van der Waals surface area (Å²) >= 11 is 0. The van der Waals surface area contributed by atoms with E-state index in [0.29, 0.717) is 30.5 Å². The lowest BCUT2D eigenvalue weighted by atomic mass is 9.87. The van der Waals surface area contributed by atoms with Gasteiger partial charge in [0.25, 0.3) is 0 Å². The van der Waals surface area contributed by atoms with Crippen molar-refractivity contribution in [2.45, 2.75) is 30.9 Å². The predicted molar refractivity (Wildman–Crippen MR) is 56.3 cm³/mol. The van der Waals surface area contributed by atoms with E-state index in [1.807, 2.05) is 0 Å². The summed E-state index contributed by atoms with van der Waals surface area (Å²) in [6, 6.07) is 0.175. The number of hydrogen-bond donors (Lipinski definition) is 1. The molecule has 3 aliphatic rings. The Bertz CT molecular complexity index is 368. The minimum Gasteiger partial charge on any atom is -0.387 e. The number of β-amino-alcohol motifs (C(OH)–C–C–N with tert-alkyl or cyclic N) is 1. The monoisotopic (exact) mass is 231 g/mol. The van der Waals surface area contributed by atoms with Crippen LogP contribution in [0.25, 0.3) is 0 Å². The van der Waals surface area contributed by atoms with Gasteiger partial charge in [-0.15, -0.1) is 0 Å². The van der Waals surface area contributed by atoms with E-state index in [1.54, 1.807) is 0 Å². The van der Waals surface area contributed by atoms with Crippen molar-refractivity contribution in [2.24, 2.45) is 5.92 Å². The smallest absolute Gasteiger partial charge is 0.151 e.